The summed E-state index contributed by atoms with van der Waals surface area (Å²) in [5.74, 6) is 0. The minimum absolute atomic E-state index is 0.119. The number of fused-ring (bicyclic) bond motifs is 20. The van der Waals surface area contributed by atoms with E-state index in [1.807, 2.05) is 53.1 Å². The van der Waals surface area contributed by atoms with Gasteiger partial charge in [-0.05, 0) is 151 Å². The SMILES string of the molecule is [2H]c1c([2H])c([2H])c2c(c1[2H])c1c([2H])c([2H])c([2H])c3c1n2-c1ccccc1C31c2cc(N(c3ccc(C(C)(C)C)cc3)c3ccc(C(C)(C)C)cc3)c3c(oc4ccccc43)c2-c2c1cc(N(c1ccc(C(C)(C)C)cc1)c1ccc(C(C)(C)C)cc1)c1oc3ccccc3c21. The number of furan rings is 2. The highest BCUT2D eigenvalue weighted by molar-refractivity contribution is 6.27. The summed E-state index contributed by atoms with van der Waals surface area (Å²) in [6, 6.07) is 61.8. The number of benzene rings is 11. The monoisotopic (exact) mass is 1150 g/mol. The lowest BCUT2D eigenvalue weighted by molar-refractivity contribution is 0.590. The highest BCUT2D eigenvalue weighted by atomic mass is 16.3. The summed E-state index contributed by atoms with van der Waals surface area (Å²) in [5, 5.41) is 3.70. The normalized spacial score (nSPS) is 16.0. The van der Waals surface area contributed by atoms with Crippen molar-refractivity contribution in [1.82, 2.24) is 4.57 Å². The number of nitrogens with zero attached hydrogens (tertiary/aromatic N) is 3. The maximum atomic E-state index is 10.9. The first-order chi connectivity index (χ1) is 45.1. The van der Waals surface area contributed by atoms with E-state index in [0.717, 1.165) is 72.2 Å². The molecule has 1 unspecified atom stereocenters. The van der Waals surface area contributed by atoms with Gasteiger partial charge >= 0.3 is 0 Å². The fourth-order valence-electron chi connectivity index (χ4n) is 14.4. The molecule has 0 saturated heterocycles. The van der Waals surface area contributed by atoms with E-state index >= 15 is 0 Å². The number of aromatic nitrogens is 1. The van der Waals surface area contributed by atoms with E-state index in [9.17, 15) is 9.60 Å². The largest absolute Gasteiger partial charge is 0.455 e. The minimum atomic E-state index is -1.60. The molecule has 432 valence electrons. The molecule has 1 spiro atoms. The van der Waals surface area contributed by atoms with Gasteiger partial charge in [0.1, 0.15) is 16.7 Å². The average molecular weight is 1150 g/mol. The van der Waals surface area contributed by atoms with E-state index in [2.05, 4.69) is 226 Å². The van der Waals surface area contributed by atoms with Crippen LogP contribution >= 0.6 is 0 Å². The van der Waals surface area contributed by atoms with Crippen molar-refractivity contribution in [3.05, 3.63) is 269 Å². The van der Waals surface area contributed by atoms with E-state index < -0.39 is 17.5 Å². The van der Waals surface area contributed by atoms with Crippen molar-refractivity contribution >= 4 is 99.8 Å². The zero-order valence-corrected chi connectivity index (χ0v) is 52.0. The second kappa shape index (κ2) is 18.7. The summed E-state index contributed by atoms with van der Waals surface area (Å²) in [4.78, 5) is 4.61. The molecular formula is C83H73N3O2. The Labute approximate surface area is 525 Å². The van der Waals surface area contributed by atoms with Gasteiger partial charge in [0.25, 0.3) is 0 Å². The van der Waals surface area contributed by atoms with Crippen LogP contribution in [0.5, 0.6) is 0 Å². The van der Waals surface area contributed by atoms with Crippen LogP contribution in [0.2, 0.25) is 0 Å². The van der Waals surface area contributed by atoms with Crippen molar-refractivity contribution in [3.8, 4) is 16.8 Å². The van der Waals surface area contributed by atoms with Crippen molar-refractivity contribution in [1.29, 1.82) is 0 Å². The molecule has 0 N–H and O–H groups in total. The van der Waals surface area contributed by atoms with Gasteiger partial charge in [0.15, 0.2) is 5.58 Å². The summed E-state index contributed by atoms with van der Waals surface area (Å²) in [7, 11) is 0. The second-order valence-electron chi connectivity index (χ2n) is 28.4. The third-order valence-corrected chi connectivity index (χ3v) is 18.9. The van der Waals surface area contributed by atoms with Gasteiger partial charge in [0, 0.05) is 60.8 Å². The Morgan fingerprint density at radius 3 is 1.34 bits per heavy atom. The smallest absolute Gasteiger partial charge is 0.160 e. The van der Waals surface area contributed by atoms with Crippen LogP contribution in [0.25, 0.3) is 82.5 Å². The van der Waals surface area contributed by atoms with E-state index in [-0.39, 0.29) is 68.2 Å². The molecule has 0 fully saturated rings. The average Bonchev–Trinajstić information content (AvgIpc) is 1.49. The van der Waals surface area contributed by atoms with Crippen LogP contribution in [0.15, 0.2) is 233 Å². The lowest BCUT2D eigenvalue weighted by Gasteiger charge is -2.40. The Balaban J connectivity index is 1.16. The lowest BCUT2D eigenvalue weighted by Crippen LogP contribution is -2.34. The number of anilines is 6. The number of hydrogen-bond donors (Lipinski definition) is 0. The molecule has 0 radical (unpaired) electrons. The van der Waals surface area contributed by atoms with Gasteiger partial charge < -0.3 is 23.2 Å². The molecule has 5 heteroatoms. The standard InChI is InChI=1S/C83H73N3O2/c1-79(2,3)50-32-40-54(41-33-50)84(55-42-34-51(35-43-55)80(4,5)6)68-48-65-75(78-72(68)60-23-14-19-30-70(60)88-78)74-64(83(65)62-26-16-18-29-67(62)86-66-28-17-13-22-58(66)59-25-21-27-63(83)76(59)86)49-69(77-73(74)61-24-15-20-31-71(61)87-77)85(56-44-36-52(37-45-56)81(7,8)9)57-46-38-53(39-47-57)82(10,11)12/h13-49H,1-12H3/i13D,17D,21D,22D,25D,27D,28D. The molecule has 5 nitrogen and oxygen atoms in total. The fraction of sp³-hybridized carbons (Fsp3) is 0.205. The van der Waals surface area contributed by atoms with Gasteiger partial charge in [0.2, 0.25) is 0 Å². The molecule has 14 aromatic rings. The van der Waals surface area contributed by atoms with E-state index in [1.54, 1.807) is 0 Å². The van der Waals surface area contributed by atoms with Crippen LogP contribution in [0.1, 0.15) is 137 Å². The number of rotatable bonds is 6. The van der Waals surface area contributed by atoms with Crippen LogP contribution in [0.4, 0.5) is 34.1 Å². The van der Waals surface area contributed by atoms with Gasteiger partial charge in [-0.1, -0.05) is 222 Å². The molecule has 0 amide bonds. The Kier molecular flexibility index (Phi) is 9.91. The molecule has 1 aliphatic carbocycles. The van der Waals surface area contributed by atoms with E-state index in [0.29, 0.717) is 50.4 Å². The molecule has 0 bridgehead atoms. The third-order valence-electron chi connectivity index (χ3n) is 18.9. The molecule has 88 heavy (non-hydrogen) atoms. The van der Waals surface area contributed by atoms with E-state index in [4.69, 9.17) is 8.83 Å². The molecule has 3 aromatic heterocycles. The highest BCUT2D eigenvalue weighted by Gasteiger charge is 2.54. The fourth-order valence-corrected chi connectivity index (χ4v) is 14.4. The highest BCUT2D eigenvalue weighted by Crippen LogP contribution is 2.67. The lowest BCUT2D eigenvalue weighted by atomic mass is 9.65. The first-order valence-electron chi connectivity index (χ1n) is 34.3. The van der Waals surface area contributed by atoms with Crippen LogP contribution < -0.4 is 9.80 Å². The summed E-state index contributed by atoms with van der Waals surface area (Å²) >= 11 is 0. The van der Waals surface area contributed by atoms with Crippen molar-refractivity contribution in [3.63, 3.8) is 0 Å². The molecule has 1 atom stereocenters. The van der Waals surface area contributed by atoms with Crippen molar-refractivity contribution in [2.24, 2.45) is 0 Å². The Bertz CT molecular complexity index is 5480. The topological polar surface area (TPSA) is 37.7 Å². The van der Waals surface area contributed by atoms with Gasteiger partial charge in [-0.2, -0.15) is 0 Å². The van der Waals surface area contributed by atoms with Gasteiger partial charge in [-0.25, -0.2) is 0 Å². The van der Waals surface area contributed by atoms with Crippen LogP contribution in [-0.4, -0.2) is 4.57 Å². The zero-order valence-electron chi connectivity index (χ0n) is 59.0. The van der Waals surface area contributed by atoms with Crippen molar-refractivity contribution in [2.45, 2.75) is 110 Å². The predicted molar refractivity (Wildman–Crippen MR) is 370 cm³/mol. The van der Waals surface area contributed by atoms with E-state index in [1.165, 1.54) is 22.3 Å². The van der Waals surface area contributed by atoms with Gasteiger partial charge in [-0.15, -0.1) is 0 Å². The van der Waals surface area contributed by atoms with Crippen molar-refractivity contribution < 1.29 is 18.4 Å². The summed E-state index contributed by atoms with van der Waals surface area (Å²) < 4.78 is 86.1. The zero-order chi connectivity index (χ0) is 66.6. The second-order valence-corrected chi connectivity index (χ2v) is 28.4. The molecule has 16 rings (SSSR count). The number of hydrogen-bond acceptors (Lipinski definition) is 4. The molecular weight excluding hydrogens is 1070 g/mol. The first-order valence-corrected chi connectivity index (χ1v) is 30.8. The molecule has 4 heterocycles. The Hall–Kier alpha value is -9.58. The summed E-state index contributed by atoms with van der Waals surface area (Å²) in [5.41, 5.74) is 15.4. The Morgan fingerprint density at radius 1 is 0.375 bits per heavy atom. The van der Waals surface area contributed by atoms with Crippen molar-refractivity contribution in [2.75, 3.05) is 9.80 Å². The predicted octanol–water partition coefficient (Wildman–Crippen LogP) is 23.4. The van der Waals surface area contributed by atoms with Gasteiger partial charge in [-0.3, -0.25) is 0 Å². The van der Waals surface area contributed by atoms with Gasteiger partial charge in [0.05, 0.1) is 48.5 Å². The third kappa shape index (κ3) is 7.78. The van der Waals surface area contributed by atoms with Crippen LogP contribution in [-0.2, 0) is 27.1 Å². The number of para-hydroxylation sites is 5. The molecule has 11 aromatic carbocycles. The Morgan fingerprint density at radius 2 is 0.807 bits per heavy atom. The summed E-state index contributed by atoms with van der Waals surface area (Å²) in [6.45, 7) is 26.7. The minimum Gasteiger partial charge on any atom is -0.455 e. The quantitative estimate of drug-likeness (QED) is 0.166. The van der Waals surface area contributed by atoms with Crippen LogP contribution in [0.3, 0.4) is 0 Å². The van der Waals surface area contributed by atoms with Crippen LogP contribution in [0, 0.1) is 0 Å². The maximum Gasteiger partial charge on any atom is 0.160 e. The molecule has 1 aliphatic heterocycles. The first kappa shape index (κ1) is 46.6. The molecule has 2 aliphatic rings. The molecule has 0 saturated carbocycles. The maximum absolute atomic E-state index is 10.9. The summed E-state index contributed by atoms with van der Waals surface area (Å²) in [6.07, 6.45) is 0.